The third-order valence-electron chi connectivity index (χ3n) is 5.33. The van der Waals surface area contributed by atoms with E-state index in [4.69, 9.17) is 5.14 Å². The van der Waals surface area contributed by atoms with Crippen LogP contribution in [0.15, 0.2) is 76.9 Å². The predicted molar refractivity (Wildman–Crippen MR) is 128 cm³/mol. The van der Waals surface area contributed by atoms with Crippen molar-refractivity contribution in [2.24, 2.45) is 10.2 Å². The Bertz CT molecular complexity index is 1610. The lowest BCUT2D eigenvalue weighted by Crippen LogP contribution is -2.12. The molecule has 0 spiro atoms. The van der Waals surface area contributed by atoms with Gasteiger partial charge in [0.2, 0.25) is 15.8 Å². The van der Waals surface area contributed by atoms with Crippen LogP contribution < -0.4 is 10.6 Å². The molecule has 0 radical (unpaired) electrons. The number of primary sulfonamides is 1. The first-order valence-corrected chi connectivity index (χ1v) is 11.6. The highest BCUT2D eigenvalue weighted by atomic mass is 32.2. The van der Waals surface area contributed by atoms with E-state index in [1.807, 2.05) is 0 Å². The normalized spacial score (nSPS) is 11.7. The van der Waals surface area contributed by atoms with Crippen molar-refractivity contribution in [2.75, 3.05) is 5.43 Å². The van der Waals surface area contributed by atoms with Crippen LogP contribution >= 0.6 is 0 Å². The van der Waals surface area contributed by atoms with E-state index < -0.39 is 31.3 Å². The van der Waals surface area contributed by atoms with Crippen LogP contribution in [0, 0.1) is 22.9 Å². The number of hydrogen-bond acceptors (Lipinski definition) is 7. The molecule has 0 aliphatic carbocycles. The Hall–Kier alpha value is -4.42. The number of nitrogens with zero attached hydrogens (tertiary/aromatic N) is 3. The summed E-state index contributed by atoms with van der Waals surface area (Å²) in [7, 11) is -4.13. The quantitative estimate of drug-likeness (QED) is 0.173. The van der Waals surface area contributed by atoms with Crippen molar-refractivity contribution in [2.45, 2.75) is 11.8 Å². The molecule has 4 aromatic rings. The number of pyridine rings is 1. The van der Waals surface area contributed by atoms with E-state index in [1.54, 1.807) is 35.7 Å². The maximum Gasteiger partial charge on any atom is 0.295 e. The molecule has 2 aromatic carbocycles. The third-order valence-corrected chi connectivity index (χ3v) is 6.24. The third kappa shape index (κ3) is 4.65. The van der Waals surface area contributed by atoms with Crippen molar-refractivity contribution >= 4 is 38.9 Å². The minimum Gasteiger partial charge on any atom is -0.313 e. The molecule has 0 aliphatic heterocycles. The molecule has 12 heteroatoms. The summed E-state index contributed by atoms with van der Waals surface area (Å²) in [5, 5.41) is 20.5. The Morgan fingerprint density at radius 3 is 2.54 bits per heavy atom. The molecule has 0 saturated heterocycles. The van der Waals surface area contributed by atoms with Crippen LogP contribution in [0.2, 0.25) is 0 Å². The van der Waals surface area contributed by atoms with Gasteiger partial charge in [-0.2, -0.15) is 5.10 Å². The van der Waals surface area contributed by atoms with Crippen molar-refractivity contribution in [1.29, 1.82) is 0 Å². The zero-order valence-electron chi connectivity index (χ0n) is 18.2. The van der Waals surface area contributed by atoms with Gasteiger partial charge >= 0.3 is 0 Å². The van der Waals surface area contributed by atoms with E-state index in [2.05, 4.69) is 10.5 Å². The van der Waals surface area contributed by atoms with Crippen LogP contribution in [-0.2, 0) is 10.0 Å². The molecular weight excluding hydrogens is 477 g/mol. The second-order valence-corrected chi connectivity index (χ2v) is 9.09. The van der Waals surface area contributed by atoms with E-state index in [0.717, 1.165) is 12.1 Å². The van der Waals surface area contributed by atoms with Gasteiger partial charge in [0, 0.05) is 23.4 Å². The van der Waals surface area contributed by atoms with Crippen molar-refractivity contribution in [3.63, 3.8) is 0 Å². The number of nitro groups is 1. The van der Waals surface area contributed by atoms with Gasteiger partial charge in [0.1, 0.15) is 11.5 Å². The highest BCUT2D eigenvalue weighted by Gasteiger charge is 2.22. The molecule has 0 unspecified atom stereocenters. The van der Waals surface area contributed by atoms with Gasteiger partial charge in [-0.3, -0.25) is 20.3 Å². The van der Waals surface area contributed by atoms with E-state index >= 15 is 0 Å². The molecule has 35 heavy (non-hydrogen) atoms. The number of hydrazone groups is 1. The number of ketones is 1. The zero-order valence-corrected chi connectivity index (χ0v) is 19.0. The summed E-state index contributed by atoms with van der Waals surface area (Å²) in [5.74, 6) is -0.770. The van der Waals surface area contributed by atoms with Gasteiger partial charge in [-0.1, -0.05) is 6.07 Å². The maximum absolute atomic E-state index is 13.3. The average Bonchev–Trinajstić information content (AvgIpc) is 3.09. The number of aromatic nitrogens is 1. The number of nitrogens with one attached hydrogen (secondary N) is 1. The first kappa shape index (κ1) is 23.7. The summed E-state index contributed by atoms with van der Waals surface area (Å²) in [6, 6.07) is 13.7. The first-order valence-electron chi connectivity index (χ1n) is 10.1. The number of nitrogens with two attached hydrogens (primary N) is 1. The second-order valence-electron chi connectivity index (χ2n) is 7.53. The van der Waals surface area contributed by atoms with Crippen molar-refractivity contribution in [3.8, 4) is 0 Å². The van der Waals surface area contributed by atoms with Gasteiger partial charge in [0.15, 0.2) is 0 Å². The van der Waals surface area contributed by atoms with Gasteiger partial charge < -0.3 is 4.40 Å². The highest BCUT2D eigenvalue weighted by Crippen LogP contribution is 2.28. The SMILES string of the molecule is Cc1c(C=NNc2ccc(S(N)(=O)=O)cc2[N+](=O)[O-])c2ccccn2c1C(=O)c1ccc(F)cc1. The van der Waals surface area contributed by atoms with E-state index in [1.165, 1.54) is 36.5 Å². The maximum atomic E-state index is 13.3. The Kier molecular flexibility index (Phi) is 6.16. The molecule has 0 amide bonds. The van der Waals surface area contributed by atoms with Gasteiger partial charge in [-0.05, 0) is 61.0 Å². The second kappa shape index (κ2) is 9.08. The monoisotopic (exact) mass is 495 g/mol. The van der Waals surface area contributed by atoms with Crippen LogP contribution in [-0.4, -0.2) is 29.7 Å². The zero-order chi connectivity index (χ0) is 25.3. The Balaban J connectivity index is 1.72. The van der Waals surface area contributed by atoms with E-state index in [9.17, 15) is 27.7 Å². The molecule has 0 aliphatic rings. The summed E-state index contributed by atoms with van der Waals surface area (Å²) in [6.07, 6.45) is 3.12. The molecule has 2 heterocycles. The fourth-order valence-corrected chi connectivity index (χ4v) is 4.17. The minimum atomic E-state index is -4.13. The smallest absolute Gasteiger partial charge is 0.295 e. The molecule has 0 saturated carbocycles. The van der Waals surface area contributed by atoms with E-state index in [0.29, 0.717) is 27.9 Å². The van der Waals surface area contributed by atoms with Crippen LogP contribution in [0.4, 0.5) is 15.8 Å². The molecule has 0 fully saturated rings. The Morgan fingerprint density at radius 2 is 1.89 bits per heavy atom. The number of rotatable bonds is 7. The van der Waals surface area contributed by atoms with Crippen LogP contribution in [0.5, 0.6) is 0 Å². The Morgan fingerprint density at radius 1 is 1.17 bits per heavy atom. The fourth-order valence-electron chi connectivity index (χ4n) is 3.64. The minimum absolute atomic E-state index is 0.0533. The first-order chi connectivity index (χ1) is 16.6. The largest absolute Gasteiger partial charge is 0.313 e. The van der Waals surface area contributed by atoms with Gasteiger partial charge in [0.25, 0.3) is 5.69 Å². The number of benzene rings is 2. The molecule has 0 atom stereocenters. The fraction of sp³-hybridized carbons (Fsp3) is 0.0435. The number of nitro benzene ring substituents is 1. The molecule has 3 N–H and O–H groups in total. The number of halogens is 1. The van der Waals surface area contributed by atoms with Crippen LogP contribution in [0.3, 0.4) is 0 Å². The molecule has 4 rings (SSSR count). The lowest BCUT2D eigenvalue weighted by molar-refractivity contribution is -0.384. The van der Waals surface area contributed by atoms with Crippen LogP contribution in [0.1, 0.15) is 27.2 Å². The number of fused-ring (bicyclic) bond motifs is 1. The number of carbonyl (C=O) groups is 1. The lowest BCUT2D eigenvalue weighted by Gasteiger charge is -2.04. The van der Waals surface area contributed by atoms with Gasteiger partial charge in [-0.25, -0.2) is 17.9 Å². The number of carbonyl (C=O) groups excluding carboxylic acids is 1. The summed E-state index contributed by atoms with van der Waals surface area (Å²) in [5.41, 5.74) is 4.46. The molecule has 178 valence electrons. The van der Waals surface area contributed by atoms with Crippen molar-refractivity contribution < 1.29 is 22.5 Å². The predicted octanol–water partition coefficient (Wildman–Crippen LogP) is 3.62. The van der Waals surface area contributed by atoms with Gasteiger partial charge in [-0.15, -0.1) is 0 Å². The van der Waals surface area contributed by atoms with E-state index in [-0.39, 0.29) is 11.5 Å². The summed E-state index contributed by atoms with van der Waals surface area (Å²) < 4.78 is 38.0. The number of anilines is 1. The van der Waals surface area contributed by atoms with Crippen molar-refractivity contribution in [3.05, 3.63) is 105 Å². The van der Waals surface area contributed by atoms with Gasteiger partial charge in [0.05, 0.1) is 27.2 Å². The van der Waals surface area contributed by atoms with Crippen molar-refractivity contribution in [1.82, 2.24) is 4.40 Å². The highest BCUT2D eigenvalue weighted by molar-refractivity contribution is 7.89. The van der Waals surface area contributed by atoms with Crippen LogP contribution in [0.25, 0.3) is 5.52 Å². The number of hydrogen-bond donors (Lipinski definition) is 2. The number of sulfonamides is 1. The topological polar surface area (TPSA) is 149 Å². The Labute approximate surface area is 198 Å². The standard InChI is InChI=1S/C23H18FN5O5S/c1-14-18(13-26-27-19-10-9-17(35(25,33)34)12-21(19)29(31)32)20-4-2-3-11-28(20)22(14)23(30)15-5-7-16(24)8-6-15/h2-13,27H,1H3,(H2,25,33,34). The summed E-state index contributed by atoms with van der Waals surface area (Å²) in [6.45, 7) is 1.73. The summed E-state index contributed by atoms with van der Waals surface area (Å²) >= 11 is 0. The molecule has 2 aromatic heterocycles. The summed E-state index contributed by atoms with van der Waals surface area (Å²) in [4.78, 5) is 23.4. The molecule has 10 nitrogen and oxygen atoms in total. The lowest BCUT2D eigenvalue weighted by atomic mass is 10.0. The molecule has 0 bridgehead atoms. The molecular formula is C23H18FN5O5S. The average molecular weight is 495 g/mol.